The quantitative estimate of drug-likeness (QED) is 0.750. The summed E-state index contributed by atoms with van der Waals surface area (Å²) in [5, 5.41) is 5.36. The Morgan fingerprint density at radius 1 is 1.12 bits per heavy atom. The van der Waals surface area contributed by atoms with Crippen LogP contribution in [0.15, 0.2) is 54.9 Å². The van der Waals surface area contributed by atoms with E-state index in [-0.39, 0.29) is 18.4 Å². The Morgan fingerprint density at radius 3 is 2.79 bits per heavy atom. The van der Waals surface area contributed by atoms with Crippen LogP contribution in [0.2, 0.25) is 0 Å². The first-order valence-corrected chi connectivity index (χ1v) is 7.66. The van der Waals surface area contributed by atoms with Crippen LogP contribution in [-0.2, 0) is 11.3 Å². The zero-order valence-electron chi connectivity index (χ0n) is 13.3. The van der Waals surface area contributed by atoms with E-state index >= 15 is 0 Å². The molecule has 0 unspecified atom stereocenters. The van der Waals surface area contributed by atoms with Crippen molar-refractivity contribution in [2.75, 3.05) is 6.54 Å². The molecule has 2 amide bonds. The molecule has 0 fully saturated rings. The van der Waals surface area contributed by atoms with E-state index in [0.29, 0.717) is 12.1 Å². The molecule has 0 aliphatic rings. The third-order valence-corrected chi connectivity index (χ3v) is 3.57. The van der Waals surface area contributed by atoms with Gasteiger partial charge in [0.05, 0.1) is 18.8 Å². The number of rotatable bonds is 5. The van der Waals surface area contributed by atoms with Crippen molar-refractivity contribution in [1.29, 1.82) is 0 Å². The van der Waals surface area contributed by atoms with E-state index in [9.17, 15) is 9.59 Å². The molecule has 0 aliphatic heterocycles. The smallest absolute Gasteiger partial charge is 0.251 e. The predicted molar refractivity (Wildman–Crippen MR) is 90.6 cm³/mol. The van der Waals surface area contributed by atoms with Crippen LogP contribution in [0.4, 0.5) is 0 Å². The highest BCUT2D eigenvalue weighted by Gasteiger charge is 2.08. The fourth-order valence-corrected chi connectivity index (χ4v) is 2.37. The molecule has 6 heteroatoms. The fourth-order valence-electron chi connectivity index (χ4n) is 2.37. The van der Waals surface area contributed by atoms with Gasteiger partial charge in [-0.15, -0.1) is 0 Å². The van der Waals surface area contributed by atoms with E-state index in [1.807, 2.05) is 54.0 Å². The van der Waals surface area contributed by atoms with Crippen LogP contribution in [0.5, 0.6) is 0 Å². The highest BCUT2D eigenvalue weighted by atomic mass is 16.2. The first-order chi connectivity index (χ1) is 11.6. The van der Waals surface area contributed by atoms with Gasteiger partial charge in [-0.25, -0.2) is 4.98 Å². The maximum absolute atomic E-state index is 12.0. The maximum Gasteiger partial charge on any atom is 0.251 e. The molecule has 2 N–H and O–H groups in total. The van der Waals surface area contributed by atoms with E-state index in [1.165, 1.54) is 0 Å². The van der Waals surface area contributed by atoms with Gasteiger partial charge >= 0.3 is 0 Å². The van der Waals surface area contributed by atoms with Crippen LogP contribution in [0.1, 0.15) is 21.6 Å². The molecule has 0 aliphatic carbocycles. The summed E-state index contributed by atoms with van der Waals surface area (Å²) >= 11 is 0. The van der Waals surface area contributed by atoms with Crippen molar-refractivity contribution >= 4 is 17.5 Å². The molecule has 2 heterocycles. The number of amides is 2. The number of hydrogen-bond donors (Lipinski definition) is 2. The average molecular weight is 322 g/mol. The minimum absolute atomic E-state index is 0.0693. The zero-order valence-corrected chi connectivity index (χ0v) is 13.3. The van der Waals surface area contributed by atoms with E-state index in [4.69, 9.17) is 0 Å². The Labute approximate surface area is 139 Å². The second-order valence-corrected chi connectivity index (χ2v) is 5.53. The number of hydrogen-bond acceptors (Lipinski definition) is 3. The van der Waals surface area contributed by atoms with Gasteiger partial charge in [-0.2, -0.15) is 0 Å². The summed E-state index contributed by atoms with van der Waals surface area (Å²) < 4.78 is 1.89. The number of fused-ring (bicyclic) bond motifs is 1. The average Bonchev–Trinajstić information content (AvgIpc) is 3.00. The largest absolute Gasteiger partial charge is 0.349 e. The lowest BCUT2D eigenvalue weighted by molar-refractivity contribution is -0.120. The SMILES string of the molecule is Cc1cccc(C(=O)NCC(=O)NCc2cn3ccccc3n2)c1. The van der Waals surface area contributed by atoms with Crippen molar-refractivity contribution < 1.29 is 9.59 Å². The van der Waals surface area contributed by atoms with Gasteiger partial charge in [0.1, 0.15) is 5.65 Å². The second kappa shape index (κ2) is 6.95. The monoisotopic (exact) mass is 322 g/mol. The van der Waals surface area contributed by atoms with E-state index in [2.05, 4.69) is 15.6 Å². The summed E-state index contributed by atoms with van der Waals surface area (Å²) in [6.07, 6.45) is 3.76. The molecule has 1 aromatic carbocycles. The summed E-state index contributed by atoms with van der Waals surface area (Å²) in [6, 6.07) is 12.9. The van der Waals surface area contributed by atoms with Crippen LogP contribution in [0, 0.1) is 6.92 Å². The Kier molecular flexibility index (Phi) is 4.56. The number of benzene rings is 1. The first kappa shape index (κ1) is 15.7. The van der Waals surface area contributed by atoms with Crippen molar-refractivity contribution in [2.24, 2.45) is 0 Å². The second-order valence-electron chi connectivity index (χ2n) is 5.53. The third-order valence-electron chi connectivity index (χ3n) is 3.57. The minimum Gasteiger partial charge on any atom is -0.349 e. The summed E-state index contributed by atoms with van der Waals surface area (Å²) in [4.78, 5) is 28.3. The molecule has 6 nitrogen and oxygen atoms in total. The lowest BCUT2D eigenvalue weighted by atomic mass is 10.1. The Morgan fingerprint density at radius 2 is 2.00 bits per heavy atom. The molecule has 24 heavy (non-hydrogen) atoms. The Bertz CT molecular complexity index is 852. The predicted octanol–water partition coefficient (Wildman–Crippen LogP) is 1.69. The molecule has 0 radical (unpaired) electrons. The van der Waals surface area contributed by atoms with E-state index < -0.39 is 0 Å². The van der Waals surface area contributed by atoms with Gasteiger partial charge in [0.15, 0.2) is 0 Å². The molecule has 0 saturated carbocycles. The van der Waals surface area contributed by atoms with Crippen LogP contribution in [0.25, 0.3) is 5.65 Å². The van der Waals surface area contributed by atoms with Gasteiger partial charge in [0.25, 0.3) is 5.91 Å². The number of aryl methyl sites for hydroxylation is 1. The summed E-state index contributed by atoms with van der Waals surface area (Å²) in [7, 11) is 0. The van der Waals surface area contributed by atoms with Gasteiger partial charge in [0.2, 0.25) is 5.91 Å². The van der Waals surface area contributed by atoms with Crippen molar-refractivity contribution in [1.82, 2.24) is 20.0 Å². The van der Waals surface area contributed by atoms with Crippen LogP contribution < -0.4 is 10.6 Å². The van der Waals surface area contributed by atoms with Gasteiger partial charge in [-0.1, -0.05) is 23.8 Å². The summed E-state index contributed by atoms with van der Waals surface area (Å²) in [5.41, 5.74) is 3.14. The number of carbonyl (C=O) groups is 2. The Hall–Kier alpha value is -3.15. The fraction of sp³-hybridized carbons (Fsp3) is 0.167. The standard InChI is InChI=1S/C18H18N4O2/c1-13-5-4-6-14(9-13)18(24)20-11-17(23)19-10-15-12-22-8-3-2-7-16(22)21-15/h2-9,12H,10-11H2,1H3,(H,19,23)(H,20,24). The minimum atomic E-state index is -0.262. The number of aromatic nitrogens is 2. The number of carbonyl (C=O) groups excluding carboxylic acids is 2. The first-order valence-electron chi connectivity index (χ1n) is 7.66. The molecule has 122 valence electrons. The summed E-state index contributed by atoms with van der Waals surface area (Å²) in [5.74, 6) is -0.519. The maximum atomic E-state index is 12.0. The molecule has 0 saturated heterocycles. The van der Waals surface area contributed by atoms with Crippen molar-refractivity contribution in [3.8, 4) is 0 Å². The third kappa shape index (κ3) is 3.78. The molecule has 2 aromatic heterocycles. The lowest BCUT2D eigenvalue weighted by Gasteiger charge is -2.06. The topological polar surface area (TPSA) is 75.5 Å². The number of imidazole rings is 1. The van der Waals surface area contributed by atoms with Gasteiger partial charge in [-0.3, -0.25) is 9.59 Å². The van der Waals surface area contributed by atoms with Crippen molar-refractivity contribution in [2.45, 2.75) is 13.5 Å². The lowest BCUT2D eigenvalue weighted by Crippen LogP contribution is -2.36. The number of pyridine rings is 1. The molecule has 3 rings (SSSR count). The van der Waals surface area contributed by atoms with Crippen LogP contribution >= 0.6 is 0 Å². The normalized spacial score (nSPS) is 10.5. The van der Waals surface area contributed by atoms with Crippen LogP contribution in [-0.4, -0.2) is 27.7 Å². The molecular weight excluding hydrogens is 304 g/mol. The van der Waals surface area contributed by atoms with E-state index in [1.54, 1.807) is 12.1 Å². The van der Waals surface area contributed by atoms with Gasteiger partial charge < -0.3 is 15.0 Å². The number of nitrogens with one attached hydrogen (secondary N) is 2. The van der Waals surface area contributed by atoms with E-state index in [0.717, 1.165) is 16.9 Å². The molecule has 3 aromatic rings. The van der Waals surface area contributed by atoms with Gasteiger partial charge in [-0.05, 0) is 31.2 Å². The van der Waals surface area contributed by atoms with Crippen LogP contribution in [0.3, 0.4) is 0 Å². The number of nitrogens with zero attached hydrogens (tertiary/aromatic N) is 2. The van der Waals surface area contributed by atoms with Gasteiger partial charge in [0, 0.05) is 18.0 Å². The van der Waals surface area contributed by atoms with Crippen molar-refractivity contribution in [3.63, 3.8) is 0 Å². The highest BCUT2D eigenvalue weighted by molar-refractivity contribution is 5.96. The molecule has 0 bridgehead atoms. The zero-order chi connectivity index (χ0) is 16.9. The highest BCUT2D eigenvalue weighted by Crippen LogP contribution is 2.04. The molecular formula is C18H18N4O2. The molecule has 0 spiro atoms. The molecule has 0 atom stereocenters. The summed E-state index contributed by atoms with van der Waals surface area (Å²) in [6.45, 7) is 2.17. The van der Waals surface area contributed by atoms with Crippen molar-refractivity contribution in [3.05, 3.63) is 71.7 Å². The Balaban J connectivity index is 1.49.